The average molecular weight is 363 g/mol. The van der Waals surface area contributed by atoms with E-state index in [1.165, 1.54) is 56.9 Å². The predicted molar refractivity (Wildman–Crippen MR) is 98.7 cm³/mol. The quantitative estimate of drug-likeness (QED) is 0.625. The van der Waals surface area contributed by atoms with Crippen LogP contribution in [-0.4, -0.2) is 24.5 Å². The van der Waals surface area contributed by atoms with Gasteiger partial charge < -0.3 is 4.90 Å². The van der Waals surface area contributed by atoms with Crippen LogP contribution in [0.4, 0.5) is 0 Å². The first-order chi connectivity index (χ1) is 10.1. The Kier molecular flexibility index (Phi) is 6.48. The molecule has 1 aromatic carbocycles. The highest BCUT2D eigenvalue weighted by Crippen LogP contribution is 2.46. The van der Waals surface area contributed by atoms with Gasteiger partial charge in [0.2, 0.25) is 0 Å². The fourth-order valence-electron chi connectivity index (χ4n) is 4.10. The van der Waals surface area contributed by atoms with E-state index in [0.29, 0.717) is 15.5 Å². The molecule has 0 aromatic heterocycles. The molecule has 0 amide bonds. The van der Waals surface area contributed by atoms with E-state index in [0.717, 1.165) is 12.6 Å². The number of hydrogen-bond donors (Lipinski definition) is 0. The van der Waals surface area contributed by atoms with Crippen molar-refractivity contribution in [3.8, 4) is 0 Å². The van der Waals surface area contributed by atoms with Crippen molar-refractivity contribution in [1.82, 2.24) is 4.90 Å². The summed E-state index contributed by atoms with van der Waals surface area (Å²) in [6.45, 7) is 1.16. The molecule has 22 heavy (non-hydrogen) atoms. The standard InChI is InChI=1S/C18H25Cl2N.ClH/c1-21(15-6-3-2-4-7-15)13-18(10-5-11-18)14-8-9-16(19)17(20)12-14;/h8-9,12,15H,2-7,10-11,13H2,1H3;1H. The van der Waals surface area contributed by atoms with Gasteiger partial charge in [-0.25, -0.2) is 0 Å². The van der Waals surface area contributed by atoms with Gasteiger partial charge in [0.25, 0.3) is 0 Å². The van der Waals surface area contributed by atoms with Gasteiger partial charge in [-0.2, -0.15) is 0 Å². The van der Waals surface area contributed by atoms with Crippen molar-refractivity contribution < 1.29 is 0 Å². The van der Waals surface area contributed by atoms with Crippen LogP contribution >= 0.6 is 35.6 Å². The molecule has 2 fully saturated rings. The van der Waals surface area contributed by atoms with Gasteiger partial charge in [-0.15, -0.1) is 12.4 Å². The molecule has 0 aliphatic heterocycles. The highest BCUT2D eigenvalue weighted by atomic mass is 35.5. The summed E-state index contributed by atoms with van der Waals surface area (Å²) in [5, 5.41) is 1.36. The maximum absolute atomic E-state index is 6.24. The molecule has 1 nitrogen and oxygen atoms in total. The van der Waals surface area contributed by atoms with Gasteiger partial charge in [-0.3, -0.25) is 0 Å². The van der Waals surface area contributed by atoms with Gasteiger partial charge in [0.15, 0.2) is 0 Å². The molecule has 0 radical (unpaired) electrons. The normalized spacial score (nSPS) is 21.3. The zero-order chi connectivity index (χ0) is 14.9. The molecule has 0 N–H and O–H groups in total. The molecule has 3 rings (SSSR count). The van der Waals surface area contributed by atoms with E-state index < -0.39 is 0 Å². The molecule has 4 heteroatoms. The molecule has 124 valence electrons. The number of hydrogen-bond acceptors (Lipinski definition) is 1. The minimum absolute atomic E-state index is 0. The summed E-state index contributed by atoms with van der Waals surface area (Å²) in [7, 11) is 2.31. The maximum atomic E-state index is 6.24. The zero-order valence-corrected chi connectivity index (χ0v) is 15.6. The van der Waals surface area contributed by atoms with Crippen LogP contribution in [0.15, 0.2) is 18.2 Å². The molecule has 0 heterocycles. The second-order valence-electron chi connectivity index (χ2n) is 6.97. The van der Waals surface area contributed by atoms with Crippen molar-refractivity contribution in [1.29, 1.82) is 0 Å². The van der Waals surface area contributed by atoms with Crippen LogP contribution in [0.2, 0.25) is 10.0 Å². The monoisotopic (exact) mass is 361 g/mol. The fourth-order valence-corrected chi connectivity index (χ4v) is 4.39. The van der Waals surface area contributed by atoms with Crippen molar-refractivity contribution in [3.05, 3.63) is 33.8 Å². The minimum atomic E-state index is 0. The summed E-state index contributed by atoms with van der Waals surface area (Å²) in [5.41, 5.74) is 1.69. The Bertz CT molecular complexity index is 493. The average Bonchev–Trinajstić information content (AvgIpc) is 2.46. The smallest absolute Gasteiger partial charge is 0.0595 e. The number of nitrogens with zero attached hydrogens (tertiary/aromatic N) is 1. The van der Waals surface area contributed by atoms with E-state index >= 15 is 0 Å². The topological polar surface area (TPSA) is 3.24 Å². The molecule has 2 aliphatic rings. The van der Waals surface area contributed by atoms with E-state index in [1.807, 2.05) is 6.07 Å². The number of halogens is 3. The number of likely N-dealkylation sites (N-methyl/N-ethyl adjacent to an activating group) is 1. The summed E-state index contributed by atoms with van der Waals surface area (Å²) < 4.78 is 0. The Balaban J connectivity index is 0.00000176. The Hall–Kier alpha value is 0.0500. The number of benzene rings is 1. The van der Waals surface area contributed by atoms with Gasteiger partial charge in [0.05, 0.1) is 10.0 Å². The first-order valence-electron chi connectivity index (χ1n) is 8.26. The third kappa shape index (κ3) is 3.75. The lowest BCUT2D eigenvalue weighted by molar-refractivity contribution is 0.108. The fraction of sp³-hybridized carbons (Fsp3) is 0.667. The third-order valence-corrected chi connectivity index (χ3v) is 6.33. The van der Waals surface area contributed by atoms with E-state index in [9.17, 15) is 0 Å². The number of rotatable bonds is 4. The van der Waals surface area contributed by atoms with Crippen molar-refractivity contribution in [2.45, 2.75) is 62.8 Å². The molecule has 0 atom stereocenters. The Morgan fingerprint density at radius 2 is 1.73 bits per heavy atom. The highest BCUT2D eigenvalue weighted by molar-refractivity contribution is 6.42. The summed E-state index contributed by atoms with van der Waals surface area (Å²) in [6, 6.07) is 7.01. The molecule has 0 saturated heterocycles. The lowest BCUT2D eigenvalue weighted by Crippen LogP contribution is -2.48. The van der Waals surface area contributed by atoms with Crippen LogP contribution < -0.4 is 0 Å². The first-order valence-corrected chi connectivity index (χ1v) is 9.02. The van der Waals surface area contributed by atoms with Crippen LogP contribution in [0.3, 0.4) is 0 Å². The third-order valence-electron chi connectivity index (χ3n) is 5.59. The van der Waals surface area contributed by atoms with Crippen molar-refractivity contribution in [2.75, 3.05) is 13.6 Å². The summed E-state index contributed by atoms with van der Waals surface area (Å²) in [4.78, 5) is 2.61. The molecule has 0 unspecified atom stereocenters. The maximum Gasteiger partial charge on any atom is 0.0595 e. The highest BCUT2D eigenvalue weighted by Gasteiger charge is 2.40. The Labute approximate surface area is 150 Å². The summed E-state index contributed by atoms with van der Waals surface area (Å²) >= 11 is 12.3. The van der Waals surface area contributed by atoms with Crippen molar-refractivity contribution in [2.24, 2.45) is 0 Å². The molecular formula is C18H26Cl3N. The summed E-state index contributed by atoms with van der Waals surface area (Å²) in [5.74, 6) is 0. The Morgan fingerprint density at radius 1 is 1.05 bits per heavy atom. The molecule has 0 spiro atoms. The summed E-state index contributed by atoms with van der Waals surface area (Å²) in [6.07, 6.45) is 10.8. The van der Waals surface area contributed by atoms with E-state index in [2.05, 4.69) is 24.1 Å². The molecule has 1 aromatic rings. The first kappa shape index (κ1) is 18.4. The molecule has 2 saturated carbocycles. The van der Waals surface area contributed by atoms with Crippen LogP contribution in [0, 0.1) is 0 Å². The largest absolute Gasteiger partial charge is 0.303 e. The minimum Gasteiger partial charge on any atom is -0.303 e. The van der Waals surface area contributed by atoms with Crippen LogP contribution in [0.5, 0.6) is 0 Å². The van der Waals surface area contributed by atoms with Gasteiger partial charge >= 0.3 is 0 Å². The molecule has 0 bridgehead atoms. The lowest BCUT2D eigenvalue weighted by atomic mass is 9.64. The van der Waals surface area contributed by atoms with Crippen LogP contribution in [-0.2, 0) is 5.41 Å². The second kappa shape index (κ2) is 7.75. The molecule has 2 aliphatic carbocycles. The van der Waals surface area contributed by atoms with E-state index in [1.54, 1.807) is 0 Å². The predicted octanol–water partition coefficient (Wildman–Crippen LogP) is 6.10. The Morgan fingerprint density at radius 3 is 2.27 bits per heavy atom. The van der Waals surface area contributed by atoms with Gasteiger partial charge in [0, 0.05) is 18.0 Å². The van der Waals surface area contributed by atoms with Crippen molar-refractivity contribution in [3.63, 3.8) is 0 Å². The second-order valence-corrected chi connectivity index (χ2v) is 7.78. The van der Waals surface area contributed by atoms with Crippen molar-refractivity contribution >= 4 is 35.6 Å². The van der Waals surface area contributed by atoms with Crippen LogP contribution in [0.1, 0.15) is 56.9 Å². The SMILES string of the molecule is CN(CC1(c2ccc(Cl)c(Cl)c2)CCC1)C1CCCCC1.Cl. The van der Waals surface area contributed by atoms with Crippen LogP contribution in [0.25, 0.3) is 0 Å². The molecular weight excluding hydrogens is 337 g/mol. The zero-order valence-electron chi connectivity index (χ0n) is 13.3. The van der Waals surface area contributed by atoms with E-state index in [-0.39, 0.29) is 12.4 Å². The van der Waals surface area contributed by atoms with Gasteiger partial charge in [0.1, 0.15) is 0 Å². The van der Waals surface area contributed by atoms with Gasteiger partial charge in [-0.1, -0.05) is 55.0 Å². The van der Waals surface area contributed by atoms with E-state index in [4.69, 9.17) is 23.2 Å². The van der Waals surface area contributed by atoms with Gasteiger partial charge in [-0.05, 0) is 50.4 Å². The lowest BCUT2D eigenvalue weighted by Gasteiger charge is -2.47.